The van der Waals surface area contributed by atoms with Crippen molar-refractivity contribution in [3.05, 3.63) is 17.5 Å². The molecule has 6 heteroatoms. The second kappa shape index (κ2) is 5.53. The lowest BCUT2D eigenvalue weighted by Gasteiger charge is -2.34. The Kier molecular flexibility index (Phi) is 3.89. The van der Waals surface area contributed by atoms with Crippen LogP contribution in [-0.4, -0.2) is 27.2 Å². The van der Waals surface area contributed by atoms with Gasteiger partial charge in [-0.1, -0.05) is 20.8 Å². The number of ketones is 1. The predicted molar refractivity (Wildman–Crippen MR) is 91.8 cm³/mol. The maximum atomic E-state index is 12.2. The first-order chi connectivity index (χ1) is 11.1. The molecule has 1 amide bonds. The number of Topliss-reactive ketones (excluding diaryl/α,β-unsaturated/α-hetero) is 1. The number of aryl methyl sites for hydroxylation is 1. The van der Waals surface area contributed by atoms with E-state index in [1.165, 1.54) is 18.0 Å². The zero-order valence-electron chi connectivity index (χ0n) is 15.1. The van der Waals surface area contributed by atoms with E-state index in [1.807, 2.05) is 0 Å². The third-order valence-electron chi connectivity index (χ3n) is 6.46. The molecule has 2 unspecified atom stereocenters. The first kappa shape index (κ1) is 16.9. The summed E-state index contributed by atoms with van der Waals surface area (Å²) in [5, 5.41) is 8.66. The van der Waals surface area contributed by atoms with Crippen molar-refractivity contribution in [1.82, 2.24) is 15.2 Å². The Balaban J connectivity index is 1.67. The highest BCUT2D eigenvalue weighted by atomic mass is 16.2. The fourth-order valence-corrected chi connectivity index (χ4v) is 4.35. The average molecular weight is 330 g/mol. The molecule has 2 atom stereocenters. The minimum absolute atomic E-state index is 0.0449. The molecule has 6 nitrogen and oxygen atoms in total. The van der Waals surface area contributed by atoms with Crippen molar-refractivity contribution < 1.29 is 9.59 Å². The van der Waals surface area contributed by atoms with Gasteiger partial charge in [-0.15, -0.1) is 0 Å². The van der Waals surface area contributed by atoms with E-state index >= 15 is 0 Å². The van der Waals surface area contributed by atoms with E-state index in [1.54, 1.807) is 13.1 Å². The van der Waals surface area contributed by atoms with Crippen LogP contribution >= 0.6 is 0 Å². The summed E-state index contributed by atoms with van der Waals surface area (Å²) in [5.41, 5.74) is 5.31. The van der Waals surface area contributed by atoms with Crippen LogP contribution in [0, 0.1) is 23.7 Å². The highest BCUT2D eigenvalue weighted by molar-refractivity contribution is 5.95. The van der Waals surface area contributed by atoms with Gasteiger partial charge in [0, 0.05) is 17.3 Å². The molecule has 2 bridgehead atoms. The molecule has 0 spiro atoms. The van der Waals surface area contributed by atoms with Gasteiger partial charge < -0.3 is 0 Å². The third kappa shape index (κ3) is 2.48. The van der Waals surface area contributed by atoms with Gasteiger partial charge >= 0.3 is 0 Å². The summed E-state index contributed by atoms with van der Waals surface area (Å²) in [4.78, 5) is 23.6. The number of hydrogen-bond acceptors (Lipinski definition) is 4. The van der Waals surface area contributed by atoms with E-state index in [-0.39, 0.29) is 29.1 Å². The van der Waals surface area contributed by atoms with E-state index in [2.05, 4.69) is 36.4 Å². The van der Waals surface area contributed by atoms with Gasteiger partial charge in [-0.2, -0.15) is 10.2 Å². The molecule has 130 valence electrons. The molecule has 0 aromatic carbocycles. The van der Waals surface area contributed by atoms with Gasteiger partial charge in [0.15, 0.2) is 5.78 Å². The quantitative estimate of drug-likeness (QED) is 0.681. The first-order valence-corrected chi connectivity index (χ1v) is 8.56. The Hall–Kier alpha value is -1.98. The molecule has 2 fully saturated rings. The summed E-state index contributed by atoms with van der Waals surface area (Å²) in [5.74, 6) is 0.394. The van der Waals surface area contributed by atoms with Crippen LogP contribution in [0.4, 0.5) is 0 Å². The van der Waals surface area contributed by atoms with Gasteiger partial charge in [0.05, 0.1) is 11.3 Å². The van der Waals surface area contributed by atoms with E-state index in [0.29, 0.717) is 17.2 Å². The second-order valence-electron chi connectivity index (χ2n) is 7.97. The summed E-state index contributed by atoms with van der Waals surface area (Å²) in [7, 11) is 0. The monoisotopic (exact) mass is 330 g/mol. The van der Waals surface area contributed by atoms with Crippen LogP contribution in [0.2, 0.25) is 0 Å². The van der Waals surface area contributed by atoms with E-state index in [0.717, 1.165) is 18.6 Å². The van der Waals surface area contributed by atoms with E-state index in [4.69, 9.17) is 0 Å². The van der Waals surface area contributed by atoms with Crippen molar-refractivity contribution in [2.24, 2.45) is 21.8 Å². The molecule has 2 saturated carbocycles. The molecule has 1 aromatic rings. The number of hydrogen-bond donors (Lipinski definition) is 1. The predicted octanol–water partition coefficient (Wildman–Crippen LogP) is 2.71. The molecule has 1 N–H and O–H groups in total. The molecule has 3 rings (SSSR count). The molecule has 2 aliphatic rings. The summed E-state index contributed by atoms with van der Waals surface area (Å²) < 4.78 is 1.49. The molecule has 0 saturated heterocycles. The normalized spacial score (nSPS) is 29.2. The summed E-state index contributed by atoms with van der Waals surface area (Å²) in [6.07, 6.45) is 4.97. The molecule has 24 heavy (non-hydrogen) atoms. The maximum Gasteiger partial charge on any atom is 0.261 e. The Morgan fingerprint density at radius 1 is 1.42 bits per heavy atom. The van der Waals surface area contributed by atoms with Crippen molar-refractivity contribution in [3.63, 3.8) is 0 Å². The number of amides is 1. The number of hydrazone groups is 1. The number of fused-ring (bicyclic) bond motifs is 2. The lowest BCUT2D eigenvalue weighted by atomic mass is 9.70. The Morgan fingerprint density at radius 2 is 2.12 bits per heavy atom. The minimum Gasteiger partial charge on any atom is -0.294 e. The lowest BCUT2D eigenvalue weighted by molar-refractivity contribution is -0.121. The molecule has 1 aromatic heterocycles. The van der Waals surface area contributed by atoms with Gasteiger partial charge in [-0.05, 0) is 44.4 Å². The first-order valence-electron chi connectivity index (χ1n) is 8.56. The van der Waals surface area contributed by atoms with Gasteiger partial charge in [-0.3, -0.25) is 14.3 Å². The maximum absolute atomic E-state index is 12.2. The Morgan fingerprint density at radius 3 is 2.62 bits per heavy atom. The molecule has 0 aliphatic heterocycles. The van der Waals surface area contributed by atoms with Crippen LogP contribution in [0.1, 0.15) is 63.0 Å². The van der Waals surface area contributed by atoms with Crippen LogP contribution in [-0.2, 0) is 11.3 Å². The van der Waals surface area contributed by atoms with Crippen molar-refractivity contribution in [3.8, 4) is 0 Å². The molecule has 1 heterocycles. The van der Waals surface area contributed by atoms with Crippen LogP contribution in [0.3, 0.4) is 0 Å². The highest BCUT2D eigenvalue weighted by Gasteiger charge is 2.59. The summed E-state index contributed by atoms with van der Waals surface area (Å²) in [6.45, 7) is 10.2. The fourth-order valence-electron chi connectivity index (χ4n) is 4.35. The van der Waals surface area contributed by atoms with Crippen LogP contribution in [0.5, 0.6) is 0 Å². The lowest BCUT2D eigenvalue weighted by Crippen LogP contribution is -2.34. The standard InChI is InChI=1S/C18H26N4O2/c1-11-14(12(2)23)9-22(21-11)10-16(24)20-19-15-8-13-6-7-18(15,5)17(13,3)4/h9,13H,6-8,10H2,1-5H3,(H,20,24)/b19-15-. The van der Waals surface area contributed by atoms with Crippen LogP contribution in [0.25, 0.3) is 0 Å². The zero-order valence-corrected chi connectivity index (χ0v) is 15.1. The molecule has 2 aliphatic carbocycles. The molecule has 0 radical (unpaired) electrons. The van der Waals surface area contributed by atoms with Crippen molar-refractivity contribution >= 4 is 17.4 Å². The van der Waals surface area contributed by atoms with E-state index < -0.39 is 0 Å². The van der Waals surface area contributed by atoms with Crippen LogP contribution < -0.4 is 5.43 Å². The van der Waals surface area contributed by atoms with Crippen molar-refractivity contribution in [2.45, 2.75) is 60.4 Å². The number of carbonyl (C=O) groups excluding carboxylic acids is 2. The summed E-state index contributed by atoms with van der Waals surface area (Å²) >= 11 is 0. The number of nitrogens with one attached hydrogen (secondary N) is 1. The Labute approximate surface area is 142 Å². The van der Waals surface area contributed by atoms with Gasteiger partial charge in [0.2, 0.25) is 0 Å². The number of carbonyl (C=O) groups is 2. The topological polar surface area (TPSA) is 76.3 Å². The molecular formula is C18H26N4O2. The molecular weight excluding hydrogens is 304 g/mol. The highest BCUT2D eigenvalue weighted by Crippen LogP contribution is 2.63. The number of rotatable bonds is 4. The van der Waals surface area contributed by atoms with Gasteiger partial charge in [0.1, 0.15) is 6.54 Å². The summed E-state index contributed by atoms with van der Waals surface area (Å²) in [6, 6.07) is 0. The van der Waals surface area contributed by atoms with Crippen LogP contribution in [0.15, 0.2) is 11.3 Å². The fraction of sp³-hybridized carbons (Fsp3) is 0.667. The minimum atomic E-state index is -0.218. The van der Waals surface area contributed by atoms with Gasteiger partial charge in [-0.25, -0.2) is 5.43 Å². The largest absolute Gasteiger partial charge is 0.294 e. The third-order valence-corrected chi connectivity index (χ3v) is 6.46. The van der Waals surface area contributed by atoms with E-state index in [9.17, 15) is 9.59 Å². The number of aromatic nitrogens is 2. The SMILES string of the molecule is CC(=O)c1cn(CC(=O)N/N=C2/CC3CCC2(C)C3(C)C)nc1C. The average Bonchev–Trinajstić information content (AvgIpc) is 3.02. The zero-order chi connectivity index (χ0) is 17.7. The smallest absolute Gasteiger partial charge is 0.261 e. The van der Waals surface area contributed by atoms with Gasteiger partial charge in [0.25, 0.3) is 5.91 Å². The Bertz CT molecular complexity index is 731. The van der Waals surface area contributed by atoms with Crippen molar-refractivity contribution in [1.29, 1.82) is 0 Å². The van der Waals surface area contributed by atoms with Crippen molar-refractivity contribution in [2.75, 3.05) is 0 Å². The second-order valence-corrected chi connectivity index (χ2v) is 7.97. The number of nitrogens with zero attached hydrogens (tertiary/aromatic N) is 3.